The molecule has 0 aliphatic carbocycles. The van der Waals surface area contributed by atoms with Crippen molar-refractivity contribution in [3.05, 3.63) is 48.3 Å². The number of imidazole rings is 1. The second-order valence-corrected chi connectivity index (χ2v) is 4.78. The fraction of sp³-hybridized carbons (Fsp3) is 0.286. The van der Waals surface area contributed by atoms with Gasteiger partial charge < -0.3 is 9.88 Å². The van der Waals surface area contributed by atoms with Crippen LogP contribution in [0.1, 0.15) is 18.2 Å². The Morgan fingerprint density at radius 3 is 2.86 bits per heavy atom. The van der Waals surface area contributed by atoms with Crippen molar-refractivity contribution >= 4 is 5.69 Å². The molecule has 0 unspecified atom stereocenters. The number of aryl methyl sites for hydroxylation is 2. The molecule has 3 aromatic rings. The lowest BCUT2D eigenvalue weighted by Crippen LogP contribution is -2.06. The summed E-state index contributed by atoms with van der Waals surface area (Å²) in [7, 11) is 0. The van der Waals surface area contributed by atoms with Gasteiger partial charge in [-0.1, -0.05) is 0 Å². The van der Waals surface area contributed by atoms with Gasteiger partial charge in [0.25, 0.3) is 0 Å². The predicted octanol–water partition coefficient (Wildman–Crippen LogP) is 1.80. The monoisotopic (exact) mass is 283 g/mol. The molecule has 108 valence electrons. The number of aromatic nitrogens is 6. The molecule has 2 aromatic heterocycles. The van der Waals surface area contributed by atoms with Crippen LogP contribution in [0.3, 0.4) is 0 Å². The van der Waals surface area contributed by atoms with Gasteiger partial charge >= 0.3 is 0 Å². The number of hydrogen-bond donors (Lipinski definition) is 1. The Morgan fingerprint density at radius 2 is 2.14 bits per heavy atom. The Bertz CT molecular complexity index is 715. The van der Waals surface area contributed by atoms with E-state index in [4.69, 9.17) is 0 Å². The minimum Gasteiger partial charge on any atom is -0.379 e. The van der Waals surface area contributed by atoms with Crippen LogP contribution in [0.25, 0.3) is 5.69 Å². The van der Waals surface area contributed by atoms with E-state index < -0.39 is 0 Å². The summed E-state index contributed by atoms with van der Waals surface area (Å²) in [6.07, 6.45) is 5.33. The number of rotatable bonds is 5. The molecule has 0 aliphatic heterocycles. The Kier molecular flexibility index (Phi) is 3.63. The van der Waals surface area contributed by atoms with Gasteiger partial charge in [-0.3, -0.25) is 0 Å². The van der Waals surface area contributed by atoms with Crippen LogP contribution < -0.4 is 5.32 Å². The van der Waals surface area contributed by atoms with E-state index in [0.717, 1.165) is 30.0 Å². The molecular formula is C14H17N7. The van der Waals surface area contributed by atoms with E-state index in [9.17, 15) is 0 Å². The Balaban J connectivity index is 1.74. The van der Waals surface area contributed by atoms with Gasteiger partial charge in [0.05, 0.1) is 24.3 Å². The lowest BCUT2D eigenvalue weighted by atomic mass is 10.2. The van der Waals surface area contributed by atoms with Crippen molar-refractivity contribution in [1.82, 2.24) is 29.8 Å². The maximum Gasteiger partial charge on any atom is 0.143 e. The van der Waals surface area contributed by atoms with Crippen LogP contribution in [0.5, 0.6) is 0 Å². The van der Waals surface area contributed by atoms with Gasteiger partial charge in [-0.05, 0) is 48.0 Å². The molecule has 0 atom stereocenters. The van der Waals surface area contributed by atoms with Crippen molar-refractivity contribution in [2.24, 2.45) is 0 Å². The lowest BCUT2D eigenvalue weighted by Gasteiger charge is -2.11. The van der Waals surface area contributed by atoms with Crippen molar-refractivity contribution in [2.75, 3.05) is 5.32 Å². The number of nitrogens with zero attached hydrogens (tertiary/aromatic N) is 6. The van der Waals surface area contributed by atoms with Crippen LogP contribution in [0.2, 0.25) is 0 Å². The molecule has 0 amide bonds. The van der Waals surface area contributed by atoms with E-state index in [-0.39, 0.29) is 0 Å². The third kappa shape index (κ3) is 2.76. The summed E-state index contributed by atoms with van der Waals surface area (Å²) in [5.74, 6) is 0. The molecule has 0 radical (unpaired) electrons. The zero-order valence-electron chi connectivity index (χ0n) is 12.1. The highest BCUT2D eigenvalue weighted by atomic mass is 15.5. The lowest BCUT2D eigenvalue weighted by molar-refractivity contribution is 0.719. The first-order valence-corrected chi connectivity index (χ1v) is 6.85. The van der Waals surface area contributed by atoms with Crippen molar-refractivity contribution in [2.45, 2.75) is 26.9 Å². The fourth-order valence-corrected chi connectivity index (χ4v) is 2.27. The molecule has 2 heterocycles. The largest absolute Gasteiger partial charge is 0.379 e. The molecule has 1 N–H and O–H groups in total. The topological polar surface area (TPSA) is 73.5 Å². The molecule has 21 heavy (non-hydrogen) atoms. The van der Waals surface area contributed by atoms with Crippen LogP contribution in [0, 0.1) is 6.92 Å². The van der Waals surface area contributed by atoms with Crippen molar-refractivity contribution in [3.63, 3.8) is 0 Å². The van der Waals surface area contributed by atoms with Gasteiger partial charge in [0.2, 0.25) is 0 Å². The highest BCUT2D eigenvalue weighted by Gasteiger charge is 2.05. The molecule has 1 aromatic carbocycles. The maximum absolute atomic E-state index is 4.17. The molecule has 0 bridgehead atoms. The summed E-state index contributed by atoms with van der Waals surface area (Å²) in [6.45, 7) is 5.82. The van der Waals surface area contributed by atoms with Crippen LogP contribution >= 0.6 is 0 Å². The molecule has 0 spiro atoms. The van der Waals surface area contributed by atoms with Gasteiger partial charge in [-0.25, -0.2) is 9.67 Å². The molecule has 0 aliphatic rings. The number of hydrogen-bond acceptors (Lipinski definition) is 5. The van der Waals surface area contributed by atoms with Crippen LogP contribution in [-0.2, 0) is 13.1 Å². The molecule has 0 fully saturated rings. The average molecular weight is 283 g/mol. The molecule has 0 saturated heterocycles. The fourth-order valence-electron chi connectivity index (χ4n) is 2.27. The highest BCUT2D eigenvalue weighted by Crippen LogP contribution is 2.18. The number of benzene rings is 1. The van der Waals surface area contributed by atoms with Gasteiger partial charge in [-0.15, -0.1) is 5.10 Å². The Morgan fingerprint density at radius 1 is 1.24 bits per heavy atom. The third-order valence-electron chi connectivity index (χ3n) is 3.41. The molecule has 3 rings (SSSR count). The Labute approximate surface area is 122 Å². The summed E-state index contributed by atoms with van der Waals surface area (Å²) < 4.78 is 3.78. The SMILES string of the molecule is CCn1cncc1CNc1ccc(-n2cnnn2)c(C)c1. The zero-order chi connectivity index (χ0) is 14.7. The smallest absolute Gasteiger partial charge is 0.143 e. The van der Waals surface area contributed by atoms with E-state index in [0.29, 0.717) is 0 Å². The van der Waals surface area contributed by atoms with Crippen molar-refractivity contribution in [3.8, 4) is 5.69 Å². The van der Waals surface area contributed by atoms with E-state index >= 15 is 0 Å². The normalized spacial score (nSPS) is 10.8. The van der Waals surface area contributed by atoms with Crippen molar-refractivity contribution in [1.29, 1.82) is 0 Å². The standard InChI is InChI=1S/C14H17N7/c1-3-20-9-15-7-13(20)8-16-12-4-5-14(11(2)6-12)21-10-17-18-19-21/h4-7,9-10,16H,3,8H2,1-2H3. The number of anilines is 1. The minimum absolute atomic E-state index is 0.748. The van der Waals surface area contributed by atoms with Crippen molar-refractivity contribution < 1.29 is 0 Å². The first-order valence-electron chi connectivity index (χ1n) is 6.85. The third-order valence-corrected chi connectivity index (χ3v) is 3.41. The summed E-state index contributed by atoms with van der Waals surface area (Å²) in [5, 5.41) is 14.6. The van der Waals surface area contributed by atoms with Crippen LogP contribution in [0.4, 0.5) is 5.69 Å². The number of nitrogens with one attached hydrogen (secondary N) is 1. The van der Waals surface area contributed by atoms with E-state index in [2.05, 4.69) is 43.4 Å². The first-order chi connectivity index (χ1) is 10.3. The highest BCUT2D eigenvalue weighted by molar-refractivity contribution is 5.53. The van der Waals surface area contributed by atoms with E-state index in [1.54, 1.807) is 11.0 Å². The van der Waals surface area contributed by atoms with E-state index in [1.165, 1.54) is 5.69 Å². The van der Waals surface area contributed by atoms with Gasteiger partial charge in [0, 0.05) is 18.4 Å². The van der Waals surface area contributed by atoms with Gasteiger partial charge in [0.1, 0.15) is 6.33 Å². The van der Waals surface area contributed by atoms with Crippen LogP contribution in [0.15, 0.2) is 37.1 Å². The van der Waals surface area contributed by atoms with Crippen LogP contribution in [-0.4, -0.2) is 29.8 Å². The molecular weight excluding hydrogens is 266 g/mol. The Hall–Kier alpha value is -2.70. The molecule has 7 heteroatoms. The second-order valence-electron chi connectivity index (χ2n) is 4.78. The summed E-state index contributed by atoms with van der Waals surface area (Å²) in [4.78, 5) is 4.17. The quantitative estimate of drug-likeness (QED) is 0.773. The molecule has 7 nitrogen and oxygen atoms in total. The maximum atomic E-state index is 4.17. The number of tetrazole rings is 1. The average Bonchev–Trinajstić information content (AvgIpc) is 3.16. The summed E-state index contributed by atoms with van der Waals surface area (Å²) in [6, 6.07) is 6.12. The zero-order valence-corrected chi connectivity index (χ0v) is 12.1. The second kappa shape index (κ2) is 5.74. The van der Waals surface area contributed by atoms with Gasteiger partial charge in [-0.2, -0.15) is 0 Å². The summed E-state index contributed by atoms with van der Waals surface area (Å²) >= 11 is 0. The minimum atomic E-state index is 0.748. The van der Waals surface area contributed by atoms with E-state index in [1.807, 2.05) is 31.6 Å². The molecule has 0 saturated carbocycles. The predicted molar refractivity (Wildman–Crippen MR) is 79.1 cm³/mol. The first kappa shape index (κ1) is 13.3. The van der Waals surface area contributed by atoms with Gasteiger partial charge in [0.15, 0.2) is 0 Å². The summed E-state index contributed by atoms with van der Waals surface area (Å²) in [5.41, 5.74) is 4.31.